The van der Waals surface area contributed by atoms with Crippen LogP contribution in [0.4, 0.5) is 0 Å². The summed E-state index contributed by atoms with van der Waals surface area (Å²) in [7, 11) is 0. The van der Waals surface area contributed by atoms with Gasteiger partial charge < -0.3 is 127 Å². The molecule has 0 saturated heterocycles. The molecule has 15 amide bonds. The van der Waals surface area contributed by atoms with Crippen molar-refractivity contribution < 1.29 is 107 Å². The SMILES string of the molecule is CC[C@H](C)[C@H](NC(=O)[C@H](Cc1ccccc1)NC(=O)[C@@H](NC(=O)[C@@H](NC(=O)[C@H](Cc1c[nH]c2ccccc12)NC(=O)[C@H](CCCCN)NC(=O)[C@@H](N)CCSC)C(C)C)[C@@H](C)O)C(=O)N[C@@H](CO)C(=O)N[C@@H](CC(C)C)C(=O)N[C@@H](Cc1ccccc1)C(=O)N[C@@H](CC(C)C)C(=O)N[C@@H](Cc1ccccc1)C(=O)N[C@@H](CO)C(=O)N[C@@H](C)C(=O)N[C@@H](Cc1ccc(O)cc1)C(=O)N[C@@H](CO)C(=O)O. The van der Waals surface area contributed by atoms with E-state index >= 15 is 4.79 Å². The lowest BCUT2D eigenvalue weighted by Crippen LogP contribution is -2.63. The fourth-order valence-corrected chi connectivity index (χ4v) is 15.4. The first kappa shape index (κ1) is 114. The molecule has 6 rings (SSSR count). The number of aliphatic carboxylic acids is 1. The Balaban J connectivity index is 1.19. The molecule has 0 unspecified atom stereocenters. The van der Waals surface area contributed by atoms with E-state index in [-0.39, 0.29) is 75.4 Å². The largest absolute Gasteiger partial charge is 0.508 e. The number of rotatable bonds is 59. The van der Waals surface area contributed by atoms with E-state index in [1.54, 1.807) is 159 Å². The molecule has 5 aromatic carbocycles. The topological polar surface area (TPSA) is 643 Å². The molecule has 138 heavy (non-hydrogen) atoms. The van der Waals surface area contributed by atoms with E-state index in [9.17, 15) is 103 Å². The van der Waals surface area contributed by atoms with E-state index in [1.165, 1.54) is 49.9 Å². The van der Waals surface area contributed by atoms with Crippen LogP contribution in [-0.2, 0) is 109 Å². The molecule has 18 atom stereocenters. The van der Waals surface area contributed by atoms with Crippen LogP contribution in [-0.4, -0.2) is 271 Å². The van der Waals surface area contributed by atoms with Gasteiger partial charge in [-0.2, -0.15) is 11.8 Å². The fourth-order valence-electron chi connectivity index (χ4n) is 14.9. The molecule has 26 N–H and O–H groups in total. The Kier molecular flexibility index (Phi) is 47.8. The molecular formula is C97H138N18O22S. The highest BCUT2D eigenvalue weighted by Crippen LogP contribution is 2.23. The van der Waals surface area contributed by atoms with E-state index in [2.05, 4.69) is 84.7 Å². The number of aromatic hydroxyl groups is 1. The van der Waals surface area contributed by atoms with E-state index in [0.717, 1.165) is 10.9 Å². The number of nitrogens with two attached hydrogens (primary N) is 2. The number of aliphatic hydroxyl groups excluding tert-OH is 4. The van der Waals surface area contributed by atoms with Gasteiger partial charge in [-0.25, -0.2) is 4.79 Å². The Hall–Kier alpha value is -12.9. The van der Waals surface area contributed by atoms with Crippen molar-refractivity contribution in [3.8, 4) is 5.75 Å². The summed E-state index contributed by atoms with van der Waals surface area (Å²) in [6.45, 7) is 13.0. The third kappa shape index (κ3) is 37.2. The summed E-state index contributed by atoms with van der Waals surface area (Å²) in [4.78, 5) is 232. The number of amides is 15. The maximum absolute atomic E-state index is 15.0. The van der Waals surface area contributed by atoms with Crippen LogP contribution in [0.1, 0.15) is 142 Å². The minimum Gasteiger partial charge on any atom is -0.508 e. The minimum atomic E-state index is -1.83. The summed E-state index contributed by atoms with van der Waals surface area (Å²) < 4.78 is 0. The standard InChI is InChI=1S/C97H138N18O22S/c1-12-56(8)80(114-90(129)74(46-61-30-20-15-21-31-61)109-96(135)81(58(10)119)115-94(133)79(55(6)7)113-91(130)75(48-63-49-100-67-33-23-22-32-65(63)67)108-84(123)68(34-24-25-40-98)102-83(122)66(99)39-41-138-11)95(134)111-77(51-117)93(132)105-70(43-54(4)5)86(125)106-72(44-59-26-16-13-17-27-59)87(126)104-69(42-53(2)3)85(124)107-73(45-60-28-18-14-19-29-60)88(127)110-76(50-116)92(131)101-57(9)82(121)103-71(47-62-35-37-64(120)38-36-62)89(128)112-78(52-118)97(136)137/h13-23,26-33,35-38,49,53-58,66,68-81,100,116-120H,12,24-25,34,39-48,50-52,98-99H2,1-11H3,(H,101,131)(H,102,122)(H,103,121)(H,104,126)(H,105,132)(H,106,125)(H,107,124)(H,108,123)(H,109,135)(H,110,127)(H,111,134)(H,112,128)(H,113,130)(H,114,129)(H,115,133)(H,136,137)/t56-,57-,58+,66-,68-,69-,70-,71-,72-,73-,74-,75-,76-,77-,78-,79-,80-,81-/m0/s1. The van der Waals surface area contributed by atoms with Crippen LogP contribution in [0, 0.1) is 23.7 Å². The lowest BCUT2D eigenvalue weighted by molar-refractivity contribution is -0.143. The zero-order chi connectivity index (χ0) is 102. The molecule has 0 aliphatic heterocycles. The number of thioether (sulfide) groups is 1. The van der Waals surface area contributed by atoms with Crippen molar-refractivity contribution in [3.05, 3.63) is 174 Å². The molecule has 0 aliphatic rings. The second kappa shape index (κ2) is 58.0. The molecule has 1 aromatic heterocycles. The van der Waals surface area contributed by atoms with E-state index in [0.29, 0.717) is 59.4 Å². The zero-order valence-electron chi connectivity index (χ0n) is 79.8. The van der Waals surface area contributed by atoms with Gasteiger partial charge in [-0.3, -0.25) is 71.9 Å². The molecule has 754 valence electrons. The van der Waals surface area contributed by atoms with Crippen LogP contribution in [0.3, 0.4) is 0 Å². The number of unbranched alkanes of at least 4 members (excludes halogenated alkanes) is 1. The van der Waals surface area contributed by atoms with Gasteiger partial charge >= 0.3 is 5.97 Å². The summed E-state index contributed by atoms with van der Waals surface area (Å²) in [5.74, 6) is -17.5. The van der Waals surface area contributed by atoms with Crippen molar-refractivity contribution in [1.29, 1.82) is 0 Å². The minimum absolute atomic E-state index is 0.0746. The third-order valence-corrected chi connectivity index (χ3v) is 23.6. The van der Waals surface area contributed by atoms with Gasteiger partial charge in [0.15, 0.2) is 0 Å². The van der Waals surface area contributed by atoms with Gasteiger partial charge in [-0.15, -0.1) is 0 Å². The van der Waals surface area contributed by atoms with Crippen LogP contribution in [0.15, 0.2) is 146 Å². The van der Waals surface area contributed by atoms with Crippen molar-refractivity contribution in [2.75, 3.05) is 38.4 Å². The summed E-state index contributed by atoms with van der Waals surface area (Å²) >= 11 is 1.49. The van der Waals surface area contributed by atoms with Crippen LogP contribution in [0.2, 0.25) is 0 Å². The normalized spacial score (nSPS) is 15.3. The maximum atomic E-state index is 15.0. The van der Waals surface area contributed by atoms with Gasteiger partial charge in [0, 0.05) is 49.2 Å². The highest BCUT2D eigenvalue weighted by Gasteiger charge is 2.41. The molecular weight excluding hydrogens is 1800 g/mol. The van der Waals surface area contributed by atoms with E-state index < -0.39 is 229 Å². The highest BCUT2D eigenvalue weighted by molar-refractivity contribution is 7.98. The van der Waals surface area contributed by atoms with Crippen molar-refractivity contribution in [3.63, 3.8) is 0 Å². The Morgan fingerprint density at radius 3 is 1.15 bits per heavy atom. The number of carboxylic acid groups (broad SMARTS) is 1. The Morgan fingerprint density at radius 1 is 0.370 bits per heavy atom. The van der Waals surface area contributed by atoms with E-state index in [1.807, 2.05) is 24.5 Å². The molecule has 0 saturated carbocycles. The monoisotopic (exact) mass is 1940 g/mol. The highest BCUT2D eigenvalue weighted by atomic mass is 32.2. The first-order valence-corrected chi connectivity index (χ1v) is 47.7. The lowest BCUT2D eigenvalue weighted by Gasteiger charge is -2.31. The molecule has 40 nitrogen and oxygen atoms in total. The number of hydrogen-bond donors (Lipinski definition) is 24. The number of phenols is 1. The van der Waals surface area contributed by atoms with Gasteiger partial charge in [-0.05, 0) is 141 Å². The number of carboxylic acids is 1. The van der Waals surface area contributed by atoms with Gasteiger partial charge in [0.25, 0.3) is 0 Å². The maximum Gasteiger partial charge on any atom is 0.328 e. The number of aromatic amines is 1. The number of aromatic nitrogens is 1. The van der Waals surface area contributed by atoms with Crippen molar-refractivity contribution in [2.24, 2.45) is 35.1 Å². The number of benzene rings is 5. The summed E-state index contributed by atoms with van der Waals surface area (Å²) in [6, 6.07) is 13.5. The van der Waals surface area contributed by atoms with Crippen molar-refractivity contribution in [1.82, 2.24) is 84.7 Å². The van der Waals surface area contributed by atoms with Gasteiger partial charge in [0.2, 0.25) is 88.6 Å². The predicted molar refractivity (Wildman–Crippen MR) is 517 cm³/mol. The fraction of sp³-hybridized carbons (Fsp3) is 0.505. The number of H-pyrrole nitrogens is 1. The lowest BCUT2D eigenvalue weighted by atomic mass is 9.96. The summed E-state index contributed by atoms with van der Waals surface area (Å²) in [6.07, 6.45) is 2.24. The smallest absolute Gasteiger partial charge is 0.328 e. The molecule has 0 aliphatic carbocycles. The van der Waals surface area contributed by atoms with Crippen molar-refractivity contribution in [2.45, 2.75) is 249 Å². The second-order valence-electron chi connectivity index (χ2n) is 35.6. The van der Waals surface area contributed by atoms with Crippen LogP contribution < -0.4 is 91.2 Å². The molecule has 0 bridgehead atoms. The van der Waals surface area contributed by atoms with Gasteiger partial charge in [0.05, 0.1) is 32.0 Å². The number of carbonyl (C=O) groups excluding carboxylic acids is 15. The zero-order valence-corrected chi connectivity index (χ0v) is 80.6. The average molecular weight is 1940 g/mol. The number of aliphatic hydroxyl groups is 4. The quantitative estimate of drug-likeness (QED) is 0.0206. The molecule has 1 heterocycles. The molecule has 0 radical (unpaired) electrons. The summed E-state index contributed by atoms with van der Waals surface area (Å²) in [5.41, 5.74) is 15.3. The molecule has 0 fully saturated rings. The number of para-hydroxylation sites is 1. The first-order valence-electron chi connectivity index (χ1n) is 46.3. The first-order chi connectivity index (χ1) is 65.6. The third-order valence-electron chi connectivity index (χ3n) is 23.0. The van der Waals surface area contributed by atoms with Crippen molar-refractivity contribution >= 4 is 117 Å². The number of fused-ring (bicyclic) bond motifs is 1. The number of nitrogens with one attached hydrogen (secondary N) is 16. The van der Waals surface area contributed by atoms with Gasteiger partial charge in [-0.1, -0.05) is 183 Å². The second-order valence-corrected chi connectivity index (χ2v) is 36.5. The van der Waals surface area contributed by atoms with E-state index in [4.69, 9.17) is 11.5 Å². The molecule has 41 heteroatoms. The Labute approximate surface area is 807 Å². The Bertz CT molecular complexity index is 5000. The molecule has 6 aromatic rings. The predicted octanol–water partition coefficient (Wildman–Crippen LogP) is -0.875. The van der Waals surface area contributed by atoms with Gasteiger partial charge in [0.1, 0.15) is 96.4 Å². The number of phenolic OH excluding ortho intramolecular Hbond substituents is 1. The number of carbonyl (C=O) groups is 16. The van der Waals surface area contributed by atoms with Crippen LogP contribution in [0.5, 0.6) is 5.75 Å². The van der Waals surface area contributed by atoms with Crippen LogP contribution in [0.25, 0.3) is 10.9 Å². The van der Waals surface area contributed by atoms with Crippen LogP contribution >= 0.6 is 11.8 Å². The molecule has 0 spiro atoms. The average Bonchev–Trinajstić information content (AvgIpc) is 1.70. The Morgan fingerprint density at radius 2 is 0.717 bits per heavy atom. The summed E-state index contributed by atoms with van der Waals surface area (Å²) in [5, 5.41) is 101. The number of hydrogen-bond acceptors (Lipinski definition) is 24.